The minimum absolute atomic E-state index is 0.147. The Bertz CT molecular complexity index is 1580. The van der Waals surface area contributed by atoms with Crippen LogP contribution in [-0.4, -0.2) is 47.4 Å². The standard InChI is InChI=1S/C33H38N4O7/c1-20-12-10-13-21(2)27(20)26-19-34-36-31(26)43-16-8-6-7-9-17-44-33(39)29-23(4)35-22(3)28(32(38)42-5)30(29)24-14-11-15-25(18-24)37(40)41/h10-15,18-19,30,35H,6-9,16-17H2,1-5H3,(H,34,36). The number of rotatable bonds is 13. The number of non-ortho nitro benzene ring substituents is 1. The summed E-state index contributed by atoms with van der Waals surface area (Å²) in [6, 6.07) is 12.1. The number of aryl methyl sites for hydroxylation is 2. The largest absolute Gasteiger partial charge is 0.476 e. The van der Waals surface area contributed by atoms with Crippen molar-refractivity contribution in [2.24, 2.45) is 0 Å². The smallest absolute Gasteiger partial charge is 0.336 e. The Morgan fingerprint density at radius 2 is 1.55 bits per heavy atom. The lowest BCUT2D eigenvalue weighted by Gasteiger charge is -2.30. The SMILES string of the molecule is COC(=O)C1=C(C)NC(C)=C(C(=O)OCCCCCCOc2n[nH]cc2-c2c(C)cccc2C)C1c1cccc([N+](=O)[O-])c1. The van der Waals surface area contributed by atoms with E-state index in [1.807, 2.05) is 12.3 Å². The van der Waals surface area contributed by atoms with Gasteiger partial charge in [0.1, 0.15) is 0 Å². The Labute approximate surface area is 256 Å². The first-order valence-corrected chi connectivity index (χ1v) is 14.6. The van der Waals surface area contributed by atoms with Crippen LogP contribution < -0.4 is 10.1 Å². The van der Waals surface area contributed by atoms with Crippen molar-refractivity contribution in [3.63, 3.8) is 0 Å². The number of hydrogen-bond donors (Lipinski definition) is 2. The average molecular weight is 603 g/mol. The molecule has 4 rings (SSSR count). The number of dihydropyridines is 1. The maximum atomic E-state index is 13.4. The molecule has 11 nitrogen and oxygen atoms in total. The van der Waals surface area contributed by atoms with Crippen LogP contribution in [0.5, 0.6) is 5.88 Å². The number of nitro groups is 1. The van der Waals surface area contributed by atoms with E-state index in [0.717, 1.165) is 41.5 Å². The lowest BCUT2D eigenvalue weighted by Crippen LogP contribution is -2.32. The Balaban J connectivity index is 1.32. The van der Waals surface area contributed by atoms with Gasteiger partial charge in [0.05, 0.1) is 47.9 Å². The minimum Gasteiger partial charge on any atom is -0.476 e. The highest BCUT2D eigenvalue weighted by Gasteiger charge is 2.38. The molecule has 1 aliphatic rings. The van der Waals surface area contributed by atoms with E-state index in [0.29, 0.717) is 35.9 Å². The summed E-state index contributed by atoms with van der Waals surface area (Å²) in [5.41, 5.74) is 6.07. The summed E-state index contributed by atoms with van der Waals surface area (Å²) in [6.45, 7) is 8.24. The van der Waals surface area contributed by atoms with Gasteiger partial charge in [-0.3, -0.25) is 15.2 Å². The summed E-state index contributed by atoms with van der Waals surface area (Å²) in [7, 11) is 1.25. The number of methoxy groups -OCH3 is 1. The molecule has 3 aromatic rings. The molecule has 0 saturated heterocycles. The molecule has 11 heteroatoms. The maximum Gasteiger partial charge on any atom is 0.336 e. The van der Waals surface area contributed by atoms with E-state index < -0.39 is 22.8 Å². The third kappa shape index (κ3) is 7.16. The topological polar surface area (TPSA) is 146 Å². The zero-order valence-corrected chi connectivity index (χ0v) is 25.7. The number of aromatic nitrogens is 2. The van der Waals surface area contributed by atoms with E-state index >= 15 is 0 Å². The zero-order valence-electron chi connectivity index (χ0n) is 25.7. The molecular formula is C33H38N4O7. The quantitative estimate of drug-likeness (QED) is 0.101. The molecule has 2 N–H and O–H groups in total. The van der Waals surface area contributed by atoms with Crippen molar-refractivity contribution in [2.45, 2.75) is 59.3 Å². The fourth-order valence-corrected chi connectivity index (χ4v) is 5.57. The van der Waals surface area contributed by atoms with Gasteiger partial charge < -0.3 is 19.5 Å². The van der Waals surface area contributed by atoms with Crippen LogP contribution in [0.1, 0.15) is 62.1 Å². The number of hydrogen-bond acceptors (Lipinski definition) is 9. The average Bonchev–Trinajstić information content (AvgIpc) is 3.45. The summed E-state index contributed by atoms with van der Waals surface area (Å²) < 4.78 is 16.6. The van der Waals surface area contributed by atoms with Gasteiger partial charge >= 0.3 is 11.9 Å². The van der Waals surface area contributed by atoms with E-state index in [9.17, 15) is 19.7 Å². The molecule has 1 aliphatic heterocycles. The van der Waals surface area contributed by atoms with Gasteiger partial charge in [0.15, 0.2) is 0 Å². The lowest BCUT2D eigenvalue weighted by atomic mass is 9.80. The fourth-order valence-electron chi connectivity index (χ4n) is 5.57. The molecule has 0 amide bonds. The van der Waals surface area contributed by atoms with Gasteiger partial charge in [0.25, 0.3) is 5.69 Å². The second-order valence-corrected chi connectivity index (χ2v) is 10.7. The van der Waals surface area contributed by atoms with Gasteiger partial charge in [-0.15, -0.1) is 5.10 Å². The number of nitrogens with one attached hydrogen (secondary N) is 2. The summed E-state index contributed by atoms with van der Waals surface area (Å²) in [5.74, 6) is -1.54. The van der Waals surface area contributed by atoms with Crippen LogP contribution in [0.3, 0.4) is 0 Å². The number of nitrogens with zero attached hydrogens (tertiary/aromatic N) is 2. The number of unbranched alkanes of at least 4 members (excludes halogenated alkanes) is 3. The Hall–Kier alpha value is -4.93. The van der Waals surface area contributed by atoms with Crippen LogP contribution in [0.25, 0.3) is 11.1 Å². The Morgan fingerprint density at radius 3 is 2.20 bits per heavy atom. The molecule has 1 unspecified atom stereocenters. The molecule has 0 saturated carbocycles. The van der Waals surface area contributed by atoms with Crippen LogP contribution in [0, 0.1) is 24.0 Å². The summed E-state index contributed by atoms with van der Waals surface area (Å²) in [4.78, 5) is 37.1. The van der Waals surface area contributed by atoms with Gasteiger partial charge in [0.2, 0.25) is 5.88 Å². The summed E-state index contributed by atoms with van der Waals surface area (Å²) >= 11 is 0. The number of H-pyrrole nitrogens is 1. The van der Waals surface area contributed by atoms with Crippen LogP contribution in [0.2, 0.25) is 0 Å². The molecule has 0 bridgehead atoms. The minimum atomic E-state index is -0.886. The third-order valence-electron chi connectivity index (χ3n) is 7.67. The first-order valence-electron chi connectivity index (χ1n) is 14.6. The van der Waals surface area contributed by atoms with E-state index in [-0.39, 0.29) is 23.4 Å². The number of aromatic amines is 1. The number of benzene rings is 2. The maximum absolute atomic E-state index is 13.4. The van der Waals surface area contributed by atoms with Crippen molar-refractivity contribution < 1.29 is 28.7 Å². The third-order valence-corrected chi connectivity index (χ3v) is 7.67. The number of ether oxygens (including phenoxy) is 3. The number of allylic oxidation sites excluding steroid dienone is 2. The summed E-state index contributed by atoms with van der Waals surface area (Å²) in [6.07, 6.45) is 4.99. The van der Waals surface area contributed by atoms with Crippen LogP contribution in [-0.2, 0) is 19.1 Å². The highest BCUT2D eigenvalue weighted by Crippen LogP contribution is 2.40. The normalized spacial score (nSPS) is 14.7. The molecule has 232 valence electrons. The number of esters is 2. The van der Waals surface area contributed by atoms with Crippen molar-refractivity contribution >= 4 is 17.6 Å². The molecule has 0 fully saturated rings. The van der Waals surface area contributed by atoms with Gasteiger partial charge in [0, 0.05) is 29.7 Å². The molecule has 2 aromatic carbocycles. The van der Waals surface area contributed by atoms with Gasteiger partial charge in [-0.25, -0.2) is 9.59 Å². The van der Waals surface area contributed by atoms with E-state index in [2.05, 4.69) is 41.5 Å². The van der Waals surface area contributed by atoms with Crippen LogP contribution in [0.15, 0.2) is 71.2 Å². The van der Waals surface area contributed by atoms with Crippen molar-refractivity contribution in [3.8, 4) is 17.0 Å². The monoisotopic (exact) mass is 602 g/mol. The van der Waals surface area contributed by atoms with E-state index in [1.54, 1.807) is 19.9 Å². The van der Waals surface area contributed by atoms with Crippen molar-refractivity contribution in [2.75, 3.05) is 20.3 Å². The van der Waals surface area contributed by atoms with Crippen molar-refractivity contribution in [1.82, 2.24) is 15.5 Å². The second kappa shape index (κ2) is 14.5. The fraction of sp³-hybridized carbons (Fsp3) is 0.364. The van der Waals surface area contributed by atoms with Crippen molar-refractivity contribution in [1.29, 1.82) is 0 Å². The molecule has 0 spiro atoms. The highest BCUT2D eigenvalue weighted by atomic mass is 16.6. The molecular weight excluding hydrogens is 564 g/mol. The van der Waals surface area contributed by atoms with E-state index in [1.165, 1.54) is 25.3 Å². The predicted molar refractivity (Wildman–Crippen MR) is 165 cm³/mol. The van der Waals surface area contributed by atoms with Gasteiger partial charge in [-0.05, 0) is 75.6 Å². The Morgan fingerprint density at radius 1 is 0.909 bits per heavy atom. The number of nitro benzene ring substituents is 1. The summed E-state index contributed by atoms with van der Waals surface area (Å²) in [5, 5.41) is 21.7. The number of carbonyl (C=O) groups excluding carboxylic acids is 2. The van der Waals surface area contributed by atoms with Crippen LogP contribution in [0.4, 0.5) is 5.69 Å². The Kier molecular flexibility index (Phi) is 10.5. The molecule has 1 atom stereocenters. The number of carbonyl (C=O) groups is 2. The van der Waals surface area contributed by atoms with Crippen molar-refractivity contribution in [3.05, 3.63) is 98.0 Å². The second-order valence-electron chi connectivity index (χ2n) is 10.7. The lowest BCUT2D eigenvalue weighted by molar-refractivity contribution is -0.384. The molecule has 2 heterocycles. The first kappa shape index (κ1) is 32.0. The predicted octanol–water partition coefficient (Wildman–Crippen LogP) is 6.19. The van der Waals surface area contributed by atoms with Gasteiger partial charge in [-0.1, -0.05) is 30.3 Å². The molecule has 0 radical (unpaired) electrons. The van der Waals surface area contributed by atoms with Gasteiger partial charge in [-0.2, -0.15) is 0 Å². The molecule has 1 aromatic heterocycles. The van der Waals surface area contributed by atoms with E-state index in [4.69, 9.17) is 14.2 Å². The highest BCUT2D eigenvalue weighted by molar-refractivity contribution is 5.99. The van der Waals surface area contributed by atoms with Crippen LogP contribution >= 0.6 is 0 Å². The molecule has 44 heavy (non-hydrogen) atoms. The zero-order chi connectivity index (χ0) is 31.8. The first-order chi connectivity index (χ1) is 21.1. The molecule has 0 aliphatic carbocycles.